The Morgan fingerprint density at radius 2 is 1.86 bits per heavy atom. The molecule has 12 nitrogen and oxygen atoms in total. The summed E-state index contributed by atoms with van der Waals surface area (Å²) < 4.78 is 21.7. The number of carbonyl (C=O) groups excluding carboxylic acids is 3. The lowest BCUT2D eigenvalue weighted by Crippen LogP contribution is -2.43. The standard InChI is InChI=1S/C24H26ClN3O9/c1-3-35-21-12-16(4-7-20(21)36-14-22(29)27-8-10-34-11-9-27)24(31)37-15(2)23(30)26-19-6-5-17(28(32)33)13-18(19)25/h4-7,12-13,15H,3,8-11,14H2,1-2H3,(H,26,30)/t15-/m0/s1. The number of nitrogens with zero attached hydrogens (tertiary/aromatic N) is 2. The van der Waals surface area contributed by atoms with Crippen molar-refractivity contribution < 1.29 is 38.3 Å². The molecule has 1 fully saturated rings. The van der Waals surface area contributed by atoms with Crippen LogP contribution in [0, 0.1) is 10.1 Å². The van der Waals surface area contributed by atoms with Crippen molar-refractivity contribution in [3.8, 4) is 11.5 Å². The minimum Gasteiger partial charge on any atom is -0.490 e. The quantitative estimate of drug-likeness (QED) is 0.275. The lowest BCUT2D eigenvalue weighted by molar-refractivity contribution is -0.384. The summed E-state index contributed by atoms with van der Waals surface area (Å²) in [6.45, 7) is 5.14. The van der Waals surface area contributed by atoms with Crippen molar-refractivity contribution in [3.63, 3.8) is 0 Å². The third kappa shape index (κ3) is 7.54. The molecule has 198 valence electrons. The number of benzene rings is 2. The molecule has 1 N–H and O–H groups in total. The second kappa shape index (κ2) is 12.9. The van der Waals surface area contributed by atoms with Gasteiger partial charge in [-0.25, -0.2) is 4.79 Å². The molecule has 1 atom stereocenters. The van der Waals surface area contributed by atoms with E-state index in [1.807, 2.05) is 0 Å². The Balaban J connectivity index is 1.61. The number of esters is 1. The number of ether oxygens (including phenoxy) is 4. The van der Waals surface area contributed by atoms with Gasteiger partial charge in [-0.3, -0.25) is 19.7 Å². The van der Waals surface area contributed by atoms with E-state index in [0.29, 0.717) is 26.3 Å². The summed E-state index contributed by atoms with van der Waals surface area (Å²) in [6, 6.07) is 7.88. The van der Waals surface area contributed by atoms with E-state index in [4.69, 9.17) is 30.5 Å². The minimum absolute atomic E-state index is 0.0369. The largest absolute Gasteiger partial charge is 0.490 e. The Bertz CT molecular complexity index is 1170. The fourth-order valence-electron chi connectivity index (χ4n) is 3.30. The molecule has 0 unspecified atom stereocenters. The van der Waals surface area contributed by atoms with Gasteiger partial charge in [-0.2, -0.15) is 0 Å². The van der Waals surface area contributed by atoms with Crippen molar-refractivity contribution >= 4 is 40.8 Å². The number of carbonyl (C=O) groups is 3. The van der Waals surface area contributed by atoms with Gasteiger partial charge < -0.3 is 29.2 Å². The number of morpholine rings is 1. The molecule has 1 aliphatic heterocycles. The van der Waals surface area contributed by atoms with Crippen LogP contribution in [0.3, 0.4) is 0 Å². The summed E-state index contributed by atoms with van der Waals surface area (Å²) in [5.41, 5.74) is 0.000662. The van der Waals surface area contributed by atoms with Crippen molar-refractivity contribution in [2.75, 3.05) is 44.8 Å². The van der Waals surface area contributed by atoms with Gasteiger partial charge in [-0.05, 0) is 38.1 Å². The molecule has 0 bridgehead atoms. The SMILES string of the molecule is CCOc1cc(C(=O)O[C@@H](C)C(=O)Nc2ccc([N+](=O)[O-])cc2Cl)ccc1OCC(=O)N1CCOCC1. The first-order valence-electron chi connectivity index (χ1n) is 11.4. The third-order valence-corrected chi connectivity index (χ3v) is 5.58. The van der Waals surface area contributed by atoms with Crippen LogP contribution in [-0.4, -0.2) is 73.2 Å². The van der Waals surface area contributed by atoms with Crippen LogP contribution in [0.2, 0.25) is 5.02 Å². The van der Waals surface area contributed by atoms with Gasteiger partial charge in [0.05, 0.1) is 41.0 Å². The highest BCUT2D eigenvalue weighted by molar-refractivity contribution is 6.34. The van der Waals surface area contributed by atoms with Crippen molar-refractivity contribution in [3.05, 3.63) is 57.1 Å². The molecule has 0 aromatic heterocycles. The number of anilines is 1. The van der Waals surface area contributed by atoms with Crippen LogP contribution in [0.25, 0.3) is 0 Å². The van der Waals surface area contributed by atoms with E-state index in [1.54, 1.807) is 11.8 Å². The van der Waals surface area contributed by atoms with Crippen molar-refractivity contribution in [1.82, 2.24) is 4.90 Å². The maximum Gasteiger partial charge on any atom is 0.339 e. The highest BCUT2D eigenvalue weighted by Crippen LogP contribution is 2.30. The number of nitro groups is 1. The Morgan fingerprint density at radius 3 is 2.51 bits per heavy atom. The number of nitro benzene ring substituents is 1. The van der Waals surface area contributed by atoms with Crippen LogP contribution in [0.15, 0.2) is 36.4 Å². The van der Waals surface area contributed by atoms with Gasteiger partial charge in [-0.15, -0.1) is 0 Å². The van der Waals surface area contributed by atoms with Crippen molar-refractivity contribution in [1.29, 1.82) is 0 Å². The predicted molar refractivity (Wildman–Crippen MR) is 132 cm³/mol. The molecular formula is C24H26ClN3O9. The molecule has 1 aliphatic rings. The molecule has 3 rings (SSSR count). The number of nitrogens with one attached hydrogen (secondary N) is 1. The fourth-order valence-corrected chi connectivity index (χ4v) is 3.52. The summed E-state index contributed by atoms with van der Waals surface area (Å²) in [7, 11) is 0. The van der Waals surface area contributed by atoms with Gasteiger partial charge in [0.2, 0.25) is 0 Å². The maximum absolute atomic E-state index is 12.7. The molecular weight excluding hydrogens is 510 g/mol. The summed E-state index contributed by atoms with van der Waals surface area (Å²) in [4.78, 5) is 49.4. The maximum atomic E-state index is 12.7. The number of hydrogen-bond donors (Lipinski definition) is 1. The average Bonchev–Trinajstić information content (AvgIpc) is 2.89. The normalized spacial score (nSPS) is 13.9. The monoisotopic (exact) mass is 535 g/mol. The van der Waals surface area contributed by atoms with E-state index in [2.05, 4.69) is 5.32 Å². The summed E-state index contributed by atoms with van der Waals surface area (Å²) >= 11 is 5.99. The number of non-ortho nitro benzene ring substituents is 1. The van der Waals surface area contributed by atoms with Gasteiger partial charge >= 0.3 is 5.97 Å². The molecule has 0 radical (unpaired) electrons. The number of halogens is 1. The zero-order valence-corrected chi connectivity index (χ0v) is 21.0. The summed E-state index contributed by atoms with van der Waals surface area (Å²) in [6.07, 6.45) is -1.21. The van der Waals surface area contributed by atoms with Gasteiger partial charge in [-0.1, -0.05) is 11.6 Å². The first kappa shape index (κ1) is 27.7. The Kier molecular flexibility index (Phi) is 9.64. The first-order chi connectivity index (χ1) is 17.7. The number of hydrogen-bond acceptors (Lipinski definition) is 9. The second-order valence-electron chi connectivity index (χ2n) is 7.83. The lowest BCUT2D eigenvalue weighted by Gasteiger charge is -2.26. The third-order valence-electron chi connectivity index (χ3n) is 5.27. The average molecular weight is 536 g/mol. The molecule has 0 spiro atoms. The molecule has 37 heavy (non-hydrogen) atoms. The minimum atomic E-state index is -1.21. The molecule has 2 amide bonds. The van der Waals surface area contributed by atoms with Crippen LogP contribution in [-0.2, 0) is 19.1 Å². The number of amides is 2. The van der Waals surface area contributed by atoms with Gasteiger partial charge in [0.25, 0.3) is 17.5 Å². The number of rotatable bonds is 10. The van der Waals surface area contributed by atoms with Gasteiger partial charge in [0.1, 0.15) is 0 Å². The van der Waals surface area contributed by atoms with E-state index in [9.17, 15) is 24.5 Å². The molecule has 2 aromatic carbocycles. The molecule has 2 aromatic rings. The molecule has 0 aliphatic carbocycles. The molecule has 13 heteroatoms. The van der Waals surface area contributed by atoms with Gasteiger partial charge in [0, 0.05) is 25.2 Å². The van der Waals surface area contributed by atoms with E-state index in [1.165, 1.54) is 37.3 Å². The van der Waals surface area contributed by atoms with Crippen molar-refractivity contribution in [2.45, 2.75) is 20.0 Å². The van der Waals surface area contributed by atoms with Gasteiger partial charge in [0.15, 0.2) is 24.2 Å². The van der Waals surface area contributed by atoms with Crippen LogP contribution in [0.4, 0.5) is 11.4 Å². The molecule has 1 saturated heterocycles. The zero-order chi connectivity index (χ0) is 26.9. The molecule has 1 heterocycles. The smallest absolute Gasteiger partial charge is 0.339 e. The Morgan fingerprint density at radius 1 is 1.14 bits per heavy atom. The summed E-state index contributed by atoms with van der Waals surface area (Å²) in [5.74, 6) is -1.16. The van der Waals surface area contributed by atoms with Crippen molar-refractivity contribution in [2.24, 2.45) is 0 Å². The van der Waals surface area contributed by atoms with E-state index in [0.717, 1.165) is 6.07 Å². The zero-order valence-electron chi connectivity index (χ0n) is 20.2. The van der Waals surface area contributed by atoms with E-state index in [-0.39, 0.29) is 52.6 Å². The first-order valence-corrected chi connectivity index (χ1v) is 11.8. The summed E-state index contributed by atoms with van der Waals surface area (Å²) in [5, 5.41) is 13.3. The highest BCUT2D eigenvalue weighted by atomic mass is 35.5. The fraction of sp³-hybridized carbons (Fsp3) is 0.375. The van der Waals surface area contributed by atoms with Crippen LogP contribution in [0.5, 0.6) is 11.5 Å². The predicted octanol–water partition coefficient (Wildman–Crippen LogP) is 3.07. The van der Waals surface area contributed by atoms with E-state index < -0.39 is 22.9 Å². The highest BCUT2D eigenvalue weighted by Gasteiger charge is 2.23. The van der Waals surface area contributed by atoms with Crippen LogP contribution >= 0.6 is 11.6 Å². The Labute approximate surface area is 217 Å². The second-order valence-corrected chi connectivity index (χ2v) is 8.24. The Hall–Kier alpha value is -3.90. The lowest BCUT2D eigenvalue weighted by atomic mass is 10.2. The van der Waals surface area contributed by atoms with Crippen LogP contribution < -0.4 is 14.8 Å². The topological polar surface area (TPSA) is 147 Å². The van der Waals surface area contributed by atoms with E-state index >= 15 is 0 Å². The molecule has 0 saturated carbocycles. The van der Waals surface area contributed by atoms with Crippen LogP contribution in [0.1, 0.15) is 24.2 Å².